The lowest BCUT2D eigenvalue weighted by molar-refractivity contribution is 0.899. The van der Waals surface area contributed by atoms with Gasteiger partial charge in [0.25, 0.3) is 0 Å². The summed E-state index contributed by atoms with van der Waals surface area (Å²) in [5.41, 5.74) is 3.71. The lowest BCUT2D eigenvalue weighted by Gasteiger charge is -2.12. The van der Waals surface area contributed by atoms with Crippen LogP contribution in [0.4, 0.5) is 5.69 Å². The first-order valence-electron chi connectivity index (χ1n) is 5.00. The summed E-state index contributed by atoms with van der Waals surface area (Å²) in [6.45, 7) is 6.17. The highest BCUT2D eigenvalue weighted by Crippen LogP contribution is 2.20. The van der Waals surface area contributed by atoms with Crippen molar-refractivity contribution >= 4 is 16.7 Å². The smallest absolute Gasteiger partial charge is 0.116 e. The molecule has 4 nitrogen and oxygen atoms in total. The molecular weight excluding hydrogens is 188 g/mol. The van der Waals surface area contributed by atoms with Crippen molar-refractivity contribution in [2.45, 2.75) is 26.8 Å². The second kappa shape index (κ2) is 3.81. The largest absolute Gasteiger partial charge is 0.381 e. The molecule has 0 aromatic carbocycles. The number of nitrogens with zero attached hydrogens (tertiary/aromatic N) is 3. The fraction of sp³-hybridized carbons (Fsp3) is 0.364. The van der Waals surface area contributed by atoms with Crippen molar-refractivity contribution in [1.82, 2.24) is 15.0 Å². The third-order valence-corrected chi connectivity index (χ3v) is 2.04. The van der Waals surface area contributed by atoms with E-state index in [2.05, 4.69) is 34.1 Å². The molecule has 0 spiro atoms. The standard InChI is InChI=1S/C11H14N4/c1-7(2)14-9-4-8(3)15-10-5-12-6-13-11(9)10/h4-7H,1-3H3,(H,14,15). The number of hydrogen-bond acceptors (Lipinski definition) is 4. The Labute approximate surface area is 88.8 Å². The van der Waals surface area contributed by atoms with Gasteiger partial charge in [-0.1, -0.05) is 0 Å². The summed E-state index contributed by atoms with van der Waals surface area (Å²) in [7, 11) is 0. The fourth-order valence-electron chi connectivity index (χ4n) is 1.53. The van der Waals surface area contributed by atoms with E-state index >= 15 is 0 Å². The van der Waals surface area contributed by atoms with E-state index in [1.165, 1.54) is 0 Å². The van der Waals surface area contributed by atoms with Gasteiger partial charge in [0, 0.05) is 11.7 Å². The maximum Gasteiger partial charge on any atom is 0.116 e. The van der Waals surface area contributed by atoms with Gasteiger partial charge in [-0.2, -0.15) is 0 Å². The molecule has 0 fully saturated rings. The summed E-state index contributed by atoms with van der Waals surface area (Å²) in [6.07, 6.45) is 3.28. The van der Waals surface area contributed by atoms with Gasteiger partial charge in [0.2, 0.25) is 0 Å². The number of pyridine rings is 1. The van der Waals surface area contributed by atoms with Crippen LogP contribution in [0.2, 0.25) is 0 Å². The minimum absolute atomic E-state index is 0.380. The van der Waals surface area contributed by atoms with Gasteiger partial charge in [-0.05, 0) is 26.8 Å². The van der Waals surface area contributed by atoms with Crippen LogP contribution in [-0.4, -0.2) is 21.0 Å². The van der Waals surface area contributed by atoms with E-state index in [4.69, 9.17) is 0 Å². The van der Waals surface area contributed by atoms with Crippen LogP contribution in [0.15, 0.2) is 18.6 Å². The Morgan fingerprint density at radius 2 is 2.13 bits per heavy atom. The Kier molecular flexibility index (Phi) is 2.49. The minimum Gasteiger partial charge on any atom is -0.381 e. The van der Waals surface area contributed by atoms with Crippen molar-refractivity contribution in [3.63, 3.8) is 0 Å². The van der Waals surface area contributed by atoms with Crippen LogP contribution < -0.4 is 5.32 Å². The van der Waals surface area contributed by atoms with Crippen molar-refractivity contribution in [2.75, 3.05) is 5.32 Å². The first-order valence-corrected chi connectivity index (χ1v) is 5.00. The van der Waals surface area contributed by atoms with Crippen LogP contribution in [0, 0.1) is 6.92 Å². The second-order valence-electron chi connectivity index (χ2n) is 3.87. The molecule has 78 valence electrons. The normalized spacial score (nSPS) is 10.9. The van der Waals surface area contributed by atoms with E-state index < -0.39 is 0 Å². The topological polar surface area (TPSA) is 50.7 Å². The molecule has 15 heavy (non-hydrogen) atoms. The van der Waals surface area contributed by atoms with Gasteiger partial charge in [-0.15, -0.1) is 0 Å². The Morgan fingerprint density at radius 3 is 2.87 bits per heavy atom. The SMILES string of the molecule is Cc1cc(NC(C)C)c2ncncc2n1. The quantitative estimate of drug-likeness (QED) is 0.810. The van der Waals surface area contributed by atoms with Crippen molar-refractivity contribution in [1.29, 1.82) is 0 Å². The van der Waals surface area contributed by atoms with E-state index in [1.54, 1.807) is 12.5 Å². The fourth-order valence-corrected chi connectivity index (χ4v) is 1.53. The van der Waals surface area contributed by atoms with Crippen molar-refractivity contribution < 1.29 is 0 Å². The number of rotatable bonds is 2. The Morgan fingerprint density at radius 1 is 1.33 bits per heavy atom. The van der Waals surface area contributed by atoms with Crippen molar-refractivity contribution in [3.8, 4) is 0 Å². The summed E-state index contributed by atoms with van der Waals surface area (Å²) in [5.74, 6) is 0. The first kappa shape index (κ1) is 9.83. The molecule has 0 saturated carbocycles. The van der Waals surface area contributed by atoms with Crippen molar-refractivity contribution in [2.24, 2.45) is 0 Å². The summed E-state index contributed by atoms with van der Waals surface area (Å²) in [4.78, 5) is 12.6. The molecule has 0 aliphatic heterocycles. The number of aromatic nitrogens is 3. The maximum absolute atomic E-state index is 4.38. The van der Waals surface area contributed by atoms with Gasteiger partial charge in [-0.25, -0.2) is 15.0 Å². The van der Waals surface area contributed by atoms with E-state index in [1.807, 2.05) is 13.0 Å². The van der Waals surface area contributed by atoms with E-state index in [0.29, 0.717) is 6.04 Å². The molecule has 0 amide bonds. The van der Waals surface area contributed by atoms with E-state index in [9.17, 15) is 0 Å². The molecule has 4 heteroatoms. The summed E-state index contributed by atoms with van der Waals surface area (Å²) < 4.78 is 0. The average Bonchev–Trinajstić information content (AvgIpc) is 2.16. The molecular formula is C11H14N4. The van der Waals surface area contributed by atoms with Crippen LogP contribution in [0.3, 0.4) is 0 Å². The van der Waals surface area contributed by atoms with Crippen LogP contribution in [-0.2, 0) is 0 Å². The molecule has 0 radical (unpaired) electrons. The van der Waals surface area contributed by atoms with Gasteiger partial charge >= 0.3 is 0 Å². The molecule has 0 aliphatic rings. The molecule has 1 N–H and O–H groups in total. The number of nitrogens with one attached hydrogen (secondary N) is 1. The monoisotopic (exact) mass is 202 g/mol. The summed E-state index contributed by atoms with van der Waals surface area (Å²) in [5, 5.41) is 3.36. The van der Waals surface area contributed by atoms with Crippen LogP contribution in [0.5, 0.6) is 0 Å². The highest BCUT2D eigenvalue weighted by atomic mass is 14.9. The zero-order valence-electron chi connectivity index (χ0n) is 9.15. The van der Waals surface area contributed by atoms with Gasteiger partial charge < -0.3 is 5.32 Å². The third kappa shape index (κ3) is 2.03. The Hall–Kier alpha value is -1.71. The zero-order valence-corrected chi connectivity index (χ0v) is 9.15. The van der Waals surface area contributed by atoms with Gasteiger partial charge in [-0.3, -0.25) is 0 Å². The van der Waals surface area contributed by atoms with Gasteiger partial charge in [0.15, 0.2) is 0 Å². The number of fused-ring (bicyclic) bond motifs is 1. The van der Waals surface area contributed by atoms with Crippen LogP contribution >= 0.6 is 0 Å². The maximum atomic E-state index is 4.38. The molecule has 0 unspecified atom stereocenters. The van der Waals surface area contributed by atoms with Crippen LogP contribution in [0.1, 0.15) is 19.5 Å². The molecule has 0 saturated heterocycles. The Balaban J connectivity index is 2.60. The molecule has 2 heterocycles. The predicted molar refractivity (Wildman–Crippen MR) is 60.8 cm³/mol. The lowest BCUT2D eigenvalue weighted by atomic mass is 10.2. The van der Waals surface area contributed by atoms with Crippen LogP contribution in [0.25, 0.3) is 11.0 Å². The highest BCUT2D eigenvalue weighted by Gasteiger charge is 2.05. The molecule has 2 aromatic heterocycles. The lowest BCUT2D eigenvalue weighted by Crippen LogP contribution is -2.11. The predicted octanol–water partition coefficient (Wildman–Crippen LogP) is 2.15. The highest BCUT2D eigenvalue weighted by molar-refractivity contribution is 5.87. The molecule has 0 atom stereocenters. The minimum atomic E-state index is 0.380. The average molecular weight is 202 g/mol. The molecule has 2 rings (SSSR count). The van der Waals surface area contributed by atoms with Gasteiger partial charge in [0.1, 0.15) is 17.4 Å². The number of aryl methyl sites for hydroxylation is 1. The molecule has 0 bridgehead atoms. The second-order valence-corrected chi connectivity index (χ2v) is 3.87. The number of anilines is 1. The summed E-state index contributed by atoms with van der Waals surface area (Å²) in [6, 6.07) is 2.39. The van der Waals surface area contributed by atoms with Gasteiger partial charge in [0.05, 0.1) is 11.9 Å². The van der Waals surface area contributed by atoms with E-state index in [0.717, 1.165) is 22.4 Å². The Bertz CT molecular complexity index is 479. The third-order valence-electron chi connectivity index (χ3n) is 2.04. The molecule has 0 aliphatic carbocycles. The molecule has 2 aromatic rings. The summed E-state index contributed by atoms with van der Waals surface area (Å²) >= 11 is 0. The first-order chi connectivity index (χ1) is 7.16. The number of hydrogen-bond donors (Lipinski definition) is 1. The zero-order chi connectivity index (χ0) is 10.8. The van der Waals surface area contributed by atoms with Crippen molar-refractivity contribution in [3.05, 3.63) is 24.3 Å². The van der Waals surface area contributed by atoms with E-state index in [-0.39, 0.29) is 0 Å².